The lowest BCUT2D eigenvalue weighted by Crippen LogP contribution is -2.54. The summed E-state index contributed by atoms with van der Waals surface area (Å²) in [5, 5.41) is 17.9. The highest BCUT2D eigenvalue weighted by molar-refractivity contribution is 5.90. The molecule has 0 aromatic heterocycles. The quantitative estimate of drug-likeness (QED) is 0.513. The Balaban J connectivity index is 2.05. The predicted molar refractivity (Wildman–Crippen MR) is 117 cm³/mol. The van der Waals surface area contributed by atoms with Crippen molar-refractivity contribution in [3.63, 3.8) is 0 Å². The Bertz CT molecular complexity index is 676. The molecule has 8 nitrogen and oxygen atoms in total. The molecular weight excluding hydrogens is 396 g/mol. The van der Waals surface area contributed by atoms with Crippen molar-refractivity contribution in [2.75, 3.05) is 13.7 Å². The van der Waals surface area contributed by atoms with Gasteiger partial charge in [-0.2, -0.15) is 5.26 Å². The first kappa shape index (κ1) is 25.1. The lowest BCUT2D eigenvalue weighted by molar-refractivity contribution is -0.139. The number of nitrogens with one attached hydrogen (secondary N) is 3. The number of carbonyl (C=O) groups excluding carboxylic acids is 3. The number of rotatable bonds is 9. The Morgan fingerprint density at radius 3 is 2.35 bits per heavy atom. The molecule has 1 aliphatic carbocycles. The van der Waals surface area contributed by atoms with E-state index in [1.165, 1.54) is 13.5 Å². The zero-order chi connectivity index (χ0) is 23.0. The molecule has 2 aliphatic rings. The second kappa shape index (κ2) is 11.5. The van der Waals surface area contributed by atoms with Crippen molar-refractivity contribution < 1.29 is 19.1 Å². The van der Waals surface area contributed by atoms with Crippen LogP contribution < -0.4 is 16.0 Å². The van der Waals surface area contributed by atoms with Gasteiger partial charge in [0.05, 0.1) is 6.07 Å². The molecular formula is C23H38N4O4. The van der Waals surface area contributed by atoms with Crippen LogP contribution in [0.3, 0.4) is 0 Å². The van der Waals surface area contributed by atoms with Gasteiger partial charge in [0.25, 0.3) is 0 Å². The average Bonchev–Trinajstić information content (AvgIpc) is 3.11. The van der Waals surface area contributed by atoms with Crippen LogP contribution in [0.1, 0.15) is 72.1 Å². The average molecular weight is 435 g/mol. The van der Waals surface area contributed by atoms with E-state index in [1.54, 1.807) is 0 Å². The van der Waals surface area contributed by atoms with Gasteiger partial charge in [0.1, 0.15) is 18.2 Å². The summed E-state index contributed by atoms with van der Waals surface area (Å²) in [5.41, 5.74) is -0.212. The molecule has 1 saturated heterocycles. The largest absolute Gasteiger partial charge is 0.371 e. The van der Waals surface area contributed by atoms with Crippen molar-refractivity contribution >= 4 is 17.7 Å². The van der Waals surface area contributed by atoms with Gasteiger partial charge >= 0.3 is 0 Å². The maximum absolute atomic E-state index is 13.0. The standard InChI is InChI=1S/C23H38N4O4/c1-23(2,3)13-18(27-22(30)19(31-4)15-8-6-5-7-9-15)21(29)26-17(14-24)12-16-10-11-25-20(16)28/h15-19H,5-13H2,1-4H3,(H,25,28)(H,26,29)(H,27,30)/t16-,17-,18-,19+/m0/s1. The first-order valence-corrected chi connectivity index (χ1v) is 11.5. The van der Waals surface area contributed by atoms with Crippen LogP contribution in [0.4, 0.5) is 0 Å². The van der Waals surface area contributed by atoms with Crippen molar-refractivity contribution in [3.05, 3.63) is 0 Å². The molecule has 3 N–H and O–H groups in total. The maximum atomic E-state index is 13.0. The van der Waals surface area contributed by atoms with E-state index in [0.29, 0.717) is 19.4 Å². The third-order valence-corrected chi connectivity index (χ3v) is 6.20. The highest BCUT2D eigenvalue weighted by Gasteiger charge is 2.35. The monoisotopic (exact) mass is 434 g/mol. The van der Waals surface area contributed by atoms with Gasteiger partial charge in [0, 0.05) is 19.6 Å². The molecule has 0 bridgehead atoms. The fourth-order valence-corrected chi connectivity index (χ4v) is 4.60. The Hall–Kier alpha value is -2.14. The lowest BCUT2D eigenvalue weighted by atomic mass is 9.84. The summed E-state index contributed by atoms with van der Waals surface area (Å²) in [6, 6.07) is 0.532. The molecule has 3 amide bonds. The zero-order valence-corrected chi connectivity index (χ0v) is 19.3. The van der Waals surface area contributed by atoms with E-state index >= 15 is 0 Å². The number of amides is 3. The Kier molecular flexibility index (Phi) is 9.30. The van der Waals surface area contributed by atoms with Crippen LogP contribution in [0.2, 0.25) is 0 Å². The molecule has 8 heteroatoms. The summed E-state index contributed by atoms with van der Waals surface area (Å²) in [7, 11) is 1.54. The molecule has 0 spiro atoms. The Morgan fingerprint density at radius 2 is 1.84 bits per heavy atom. The molecule has 1 saturated carbocycles. The van der Waals surface area contributed by atoms with E-state index in [1.807, 2.05) is 20.8 Å². The number of nitrogens with zero attached hydrogens (tertiary/aromatic N) is 1. The molecule has 2 rings (SSSR count). The van der Waals surface area contributed by atoms with Gasteiger partial charge in [-0.1, -0.05) is 40.0 Å². The summed E-state index contributed by atoms with van der Waals surface area (Å²) < 4.78 is 5.52. The third kappa shape index (κ3) is 7.80. The van der Waals surface area contributed by atoms with Gasteiger partial charge in [-0.25, -0.2) is 0 Å². The molecule has 0 unspecified atom stereocenters. The topological polar surface area (TPSA) is 120 Å². The number of methoxy groups -OCH3 is 1. The fraction of sp³-hybridized carbons (Fsp3) is 0.826. The first-order chi connectivity index (χ1) is 14.6. The molecule has 4 atom stereocenters. The molecule has 31 heavy (non-hydrogen) atoms. The number of ether oxygens (including phenoxy) is 1. The molecule has 2 fully saturated rings. The second-order valence-corrected chi connectivity index (χ2v) is 10.1. The van der Waals surface area contributed by atoms with E-state index in [0.717, 1.165) is 25.7 Å². The van der Waals surface area contributed by atoms with Crippen molar-refractivity contribution in [3.8, 4) is 6.07 Å². The van der Waals surface area contributed by atoms with Crippen molar-refractivity contribution in [2.45, 2.75) is 90.3 Å². The highest BCUT2D eigenvalue weighted by Crippen LogP contribution is 2.28. The molecule has 1 aliphatic heterocycles. The van der Waals surface area contributed by atoms with Crippen molar-refractivity contribution in [1.82, 2.24) is 16.0 Å². The van der Waals surface area contributed by atoms with Crippen LogP contribution in [0.25, 0.3) is 0 Å². The fourth-order valence-electron chi connectivity index (χ4n) is 4.60. The van der Waals surface area contributed by atoms with Crippen LogP contribution in [0, 0.1) is 28.6 Å². The number of hydrogen-bond acceptors (Lipinski definition) is 5. The summed E-state index contributed by atoms with van der Waals surface area (Å²) in [4.78, 5) is 37.9. The van der Waals surface area contributed by atoms with Gasteiger partial charge in [-0.15, -0.1) is 0 Å². The molecule has 0 radical (unpaired) electrons. The summed E-state index contributed by atoms with van der Waals surface area (Å²) in [6.07, 6.45) is 6.02. The van der Waals surface area contributed by atoms with Crippen LogP contribution in [0.15, 0.2) is 0 Å². The van der Waals surface area contributed by atoms with E-state index in [4.69, 9.17) is 4.74 Å². The summed E-state index contributed by atoms with van der Waals surface area (Å²) in [6.45, 7) is 6.59. The van der Waals surface area contributed by atoms with E-state index in [9.17, 15) is 19.6 Å². The number of carbonyl (C=O) groups is 3. The van der Waals surface area contributed by atoms with Gasteiger partial charge < -0.3 is 20.7 Å². The smallest absolute Gasteiger partial charge is 0.250 e. The van der Waals surface area contributed by atoms with E-state index in [-0.39, 0.29) is 35.5 Å². The first-order valence-electron chi connectivity index (χ1n) is 11.5. The third-order valence-electron chi connectivity index (χ3n) is 6.20. The molecule has 0 aromatic rings. The van der Waals surface area contributed by atoms with E-state index in [2.05, 4.69) is 22.0 Å². The van der Waals surface area contributed by atoms with E-state index < -0.39 is 24.1 Å². The summed E-state index contributed by atoms with van der Waals surface area (Å²) in [5.74, 6) is -0.867. The van der Waals surface area contributed by atoms with Crippen molar-refractivity contribution in [2.24, 2.45) is 17.3 Å². The lowest BCUT2D eigenvalue weighted by Gasteiger charge is -2.31. The molecule has 0 aromatic carbocycles. The molecule has 174 valence electrons. The van der Waals surface area contributed by atoms with Crippen LogP contribution >= 0.6 is 0 Å². The maximum Gasteiger partial charge on any atom is 0.250 e. The van der Waals surface area contributed by atoms with Crippen LogP contribution in [-0.4, -0.2) is 49.6 Å². The normalized spacial score (nSPS) is 22.7. The van der Waals surface area contributed by atoms with Gasteiger partial charge in [-0.3, -0.25) is 14.4 Å². The Morgan fingerprint density at radius 1 is 1.16 bits per heavy atom. The minimum Gasteiger partial charge on any atom is -0.371 e. The van der Waals surface area contributed by atoms with Crippen LogP contribution in [0.5, 0.6) is 0 Å². The second-order valence-electron chi connectivity index (χ2n) is 10.1. The highest BCUT2D eigenvalue weighted by atomic mass is 16.5. The van der Waals surface area contributed by atoms with Crippen molar-refractivity contribution in [1.29, 1.82) is 5.26 Å². The number of hydrogen-bond donors (Lipinski definition) is 3. The zero-order valence-electron chi connectivity index (χ0n) is 19.3. The van der Waals surface area contributed by atoms with Gasteiger partial charge in [0.2, 0.25) is 17.7 Å². The van der Waals surface area contributed by atoms with Gasteiger partial charge in [0.15, 0.2) is 0 Å². The molecule has 1 heterocycles. The minimum absolute atomic E-state index is 0.0792. The summed E-state index contributed by atoms with van der Waals surface area (Å²) >= 11 is 0. The van der Waals surface area contributed by atoms with Gasteiger partial charge in [-0.05, 0) is 43.4 Å². The Labute approximate surface area is 185 Å². The predicted octanol–water partition coefficient (Wildman–Crippen LogP) is 2.04. The van der Waals surface area contributed by atoms with Crippen LogP contribution in [-0.2, 0) is 19.1 Å². The number of nitriles is 1. The minimum atomic E-state index is -0.780. The SMILES string of the molecule is CO[C@@H](C(=O)N[C@@H](CC(C)(C)C)C(=O)N[C@H](C#N)C[C@@H]1CCNC1=O)C1CCCCC1.